The first-order valence-electron chi connectivity index (χ1n) is 7.67. The standard InChI is InChI=1S/C20H18FNO2.ClH/c21-14-18(22)15-11-12-19(23-16-7-3-1-4-8-16)20(13-15)24-17-9-5-2-6-10-17;/h1-13,18H,14,22H2;1H/t18-;/m1./s1. The fourth-order valence-electron chi connectivity index (χ4n) is 2.24. The molecule has 0 amide bonds. The van der Waals surface area contributed by atoms with E-state index in [1.807, 2.05) is 60.7 Å². The summed E-state index contributed by atoms with van der Waals surface area (Å²) in [5.41, 5.74) is 6.44. The van der Waals surface area contributed by atoms with Crippen molar-refractivity contribution in [3.05, 3.63) is 84.4 Å². The van der Waals surface area contributed by atoms with E-state index in [4.69, 9.17) is 15.2 Å². The van der Waals surface area contributed by atoms with Gasteiger partial charge in [0.05, 0.1) is 6.04 Å². The summed E-state index contributed by atoms with van der Waals surface area (Å²) in [6.45, 7) is -0.635. The molecule has 3 aromatic rings. The number of rotatable bonds is 6. The number of hydrogen-bond donors (Lipinski definition) is 1. The molecule has 5 heteroatoms. The monoisotopic (exact) mass is 359 g/mol. The molecule has 3 nitrogen and oxygen atoms in total. The van der Waals surface area contributed by atoms with E-state index in [0.717, 1.165) is 0 Å². The Morgan fingerprint density at radius 1 is 0.760 bits per heavy atom. The molecule has 0 saturated heterocycles. The van der Waals surface area contributed by atoms with Crippen LogP contribution in [-0.2, 0) is 0 Å². The van der Waals surface area contributed by atoms with Crippen LogP contribution in [0.2, 0.25) is 0 Å². The Morgan fingerprint density at radius 3 is 1.80 bits per heavy atom. The number of para-hydroxylation sites is 2. The van der Waals surface area contributed by atoms with Gasteiger partial charge in [-0.05, 0) is 42.0 Å². The molecule has 3 aromatic carbocycles. The molecular weight excluding hydrogens is 341 g/mol. The van der Waals surface area contributed by atoms with Crippen molar-refractivity contribution in [2.75, 3.05) is 6.67 Å². The predicted octanol–water partition coefficient (Wildman–Crippen LogP) is 5.66. The van der Waals surface area contributed by atoms with Crippen LogP contribution in [0.4, 0.5) is 4.39 Å². The van der Waals surface area contributed by atoms with Crippen LogP contribution in [0.5, 0.6) is 23.0 Å². The van der Waals surface area contributed by atoms with Crippen LogP contribution in [0.3, 0.4) is 0 Å². The van der Waals surface area contributed by atoms with Gasteiger partial charge in [-0.1, -0.05) is 42.5 Å². The van der Waals surface area contributed by atoms with Gasteiger partial charge >= 0.3 is 0 Å². The fraction of sp³-hybridized carbons (Fsp3) is 0.100. The molecule has 1 atom stereocenters. The van der Waals surface area contributed by atoms with Gasteiger partial charge in [0.2, 0.25) is 0 Å². The first-order chi connectivity index (χ1) is 11.8. The zero-order valence-corrected chi connectivity index (χ0v) is 14.3. The second-order valence-corrected chi connectivity index (χ2v) is 5.30. The van der Waals surface area contributed by atoms with E-state index in [0.29, 0.717) is 28.6 Å². The lowest BCUT2D eigenvalue weighted by Gasteiger charge is -2.15. The van der Waals surface area contributed by atoms with Crippen molar-refractivity contribution < 1.29 is 13.9 Å². The van der Waals surface area contributed by atoms with Crippen LogP contribution in [0, 0.1) is 0 Å². The molecule has 0 aliphatic carbocycles. The number of ether oxygens (including phenoxy) is 2. The van der Waals surface area contributed by atoms with Crippen LogP contribution in [-0.4, -0.2) is 6.67 Å². The zero-order chi connectivity index (χ0) is 16.8. The van der Waals surface area contributed by atoms with Gasteiger partial charge in [0.15, 0.2) is 11.5 Å². The third-order valence-corrected chi connectivity index (χ3v) is 3.50. The minimum Gasteiger partial charge on any atom is -0.453 e. The molecule has 25 heavy (non-hydrogen) atoms. The molecule has 0 aliphatic heterocycles. The maximum atomic E-state index is 12.9. The Morgan fingerprint density at radius 2 is 1.28 bits per heavy atom. The van der Waals surface area contributed by atoms with Crippen molar-refractivity contribution in [1.82, 2.24) is 0 Å². The van der Waals surface area contributed by atoms with Gasteiger partial charge in [0.25, 0.3) is 0 Å². The number of nitrogens with two attached hydrogens (primary N) is 1. The first-order valence-corrected chi connectivity index (χ1v) is 7.67. The van der Waals surface area contributed by atoms with Crippen molar-refractivity contribution in [1.29, 1.82) is 0 Å². The highest BCUT2D eigenvalue weighted by Crippen LogP contribution is 2.36. The Bertz CT molecular complexity index is 784. The summed E-state index contributed by atoms with van der Waals surface area (Å²) >= 11 is 0. The zero-order valence-electron chi connectivity index (χ0n) is 13.5. The van der Waals surface area contributed by atoms with Crippen molar-refractivity contribution in [2.45, 2.75) is 6.04 Å². The van der Waals surface area contributed by atoms with Crippen LogP contribution >= 0.6 is 12.4 Å². The smallest absolute Gasteiger partial charge is 0.170 e. The van der Waals surface area contributed by atoms with Gasteiger partial charge in [0.1, 0.15) is 18.2 Å². The van der Waals surface area contributed by atoms with Crippen LogP contribution in [0.15, 0.2) is 78.9 Å². The van der Waals surface area contributed by atoms with Crippen LogP contribution in [0.25, 0.3) is 0 Å². The fourth-order valence-corrected chi connectivity index (χ4v) is 2.24. The summed E-state index contributed by atoms with van der Waals surface area (Å²) in [5, 5.41) is 0. The average Bonchev–Trinajstić information content (AvgIpc) is 2.64. The quantitative estimate of drug-likeness (QED) is 0.617. The van der Waals surface area contributed by atoms with Crippen molar-refractivity contribution in [3.63, 3.8) is 0 Å². The van der Waals surface area contributed by atoms with Gasteiger partial charge in [-0.25, -0.2) is 4.39 Å². The largest absolute Gasteiger partial charge is 0.453 e. The highest BCUT2D eigenvalue weighted by atomic mass is 35.5. The van der Waals surface area contributed by atoms with E-state index in [2.05, 4.69) is 0 Å². The third kappa shape index (κ3) is 4.95. The van der Waals surface area contributed by atoms with Crippen LogP contribution in [0.1, 0.15) is 11.6 Å². The number of halogens is 2. The van der Waals surface area contributed by atoms with Gasteiger partial charge in [-0.15, -0.1) is 12.4 Å². The molecule has 130 valence electrons. The minimum atomic E-state index is -0.686. The molecule has 0 aromatic heterocycles. The Hall–Kier alpha value is -2.56. The number of hydrogen-bond acceptors (Lipinski definition) is 3. The normalized spacial score (nSPS) is 11.3. The summed E-state index contributed by atoms with van der Waals surface area (Å²) in [7, 11) is 0. The lowest BCUT2D eigenvalue weighted by molar-refractivity contribution is 0.413. The molecule has 0 heterocycles. The number of alkyl halides is 1. The van der Waals surface area contributed by atoms with Crippen molar-refractivity contribution in [3.8, 4) is 23.0 Å². The van der Waals surface area contributed by atoms with E-state index >= 15 is 0 Å². The predicted molar refractivity (Wildman–Crippen MR) is 99.6 cm³/mol. The summed E-state index contributed by atoms with van der Waals surface area (Å²) in [4.78, 5) is 0. The molecule has 0 aliphatic rings. The molecule has 3 rings (SSSR count). The highest BCUT2D eigenvalue weighted by Gasteiger charge is 2.13. The molecular formula is C20H19ClFNO2. The van der Waals surface area contributed by atoms with Crippen molar-refractivity contribution >= 4 is 12.4 Å². The number of benzene rings is 3. The van der Waals surface area contributed by atoms with E-state index in [9.17, 15) is 4.39 Å². The molecule has 0 radical (unpaired) electrons. The lowest BCUT2D eigenvalue weighted by Crippen LogP contribution is -2.12. The molecule has 0 bridgehead atoms. The summed E-state index contributed by atoms with van der Waals surface area (Å²) in [6, 6.07) is 23.3. The second-order valence-electron chi connectivity index (χ2n) is 5.30. The lowest BCUT2D eigenvalue weighted by atomic mass is 10.1. The SMILES string of the molecule is Cl.N[C@H](CF)c1ccc(Oc2ccccc2)c(Oc2ccccc2)c1. The Balaban J connectivity index is 0.00000225. The maximum Gasteiger partial charge on any atom is 0.170 e. The van der Waals surface area contributed by atoms with Crippen LogP contribution < -0.4 is 15.2 Å². The molecule has 0 unspecified atom stereocenters. The molecule has 0 spiro atoms. The highest BCUT2D eigenvalue weighted by molar-refractivity contribution is 5.85. The van der Waals surface area contributed by atoms with Gasteiger partial charge in [0, 0.05) is 0 Å². The van der Waals surface area contributed by atoms with Gasteiger partial charge in [-0.3, -0.25) is 0 Å². The molecule has 0 fully saturated rings. The maximum absolute atomic E-state index is 12.9. The first kappa shape index (κ1) is 18.8. The molecule has 2 N–H and O–H groups in total. The summed E-state index contributed by atoms with van der Waals surface area (Å²) in [5.74, 6) is 2.39. The van der Waals surface area contributed by atoms with E-state index in [-0.39, 0.29) is 12.4 Å². The minimum absolute atomic E-state index is 0. The second kappa shape index (κ2) is 9.06. The molecule has 0 saturated carbocycles. The Kier molecular flexibility index (Phi) is 6.81. The van der Waals surface area contributed by atoms with Gasteiger partial charge in [-0.2, -0.15) is 0 Å². The topological polar surface area (TPSA) is 44.5 Å². The van der Waals surface area contributed by atoms with Crippen molar-refractivity contribution in [2.24, 2.45) is 5.73 Å². The Labute approximate surface area is 152 Å². The van der Waals surface area contributed by atoms with E-state index < -0.39 is 12.7 Å². The average molecular weight is 360 g/mol. The van der Waals surface area contributed by atoms with E-state index in [1.54, 1.807) is 18.2 Å². The third-order valence-electron chi connectivity index (χ3n) is 3.50. The van der Waals surface area contributed by atoms with Gasteiger partial charge < -0.3 is 15.2 Å². The summed E-state index contributed by atoms with van der Waals surface area (Å²) in [6.07, 6.45) is 0. The van der Waals surface area contributed by atoms with E-state index in [1.165, 1.54) is 0 Å². The summed E-state index contributed by atoms with van der Waals surface area (Å²) < 4.78 is 24.7.